The minimum atomic E-state index is 0.576. The number of nitrogens with zero attached hydrogens (tertiary/aromatic N) is 5. The molecule has 11 rings (SSSR count). The Labute approximate surface area is 314 Å². The molecule has 11 aromatic rings. The van der Waals surface area contributed by atoms with E-state index < -0.39 is 0 Å². The Kier molecular flexibility index (Phi) is 6.97. The minimum Gasteiger partial charge on any atom is -0.277 e. The van der Waals surface area contributed by atoms with Gasteiger partial charge in [0.2, 0.25) is 5.95 Å². The highest BCUT2D eigenvalue weighted by Crippen LogP contribution is 2.49. The zero-order valence-corrected chi connectivity index (χ0v) is 29.7. The Balaban J connectivity index is 1.35. The van der Waals surface area contributed by atoms with Crippen LogP contribution in [-0.2, 0) is 0 Å². The summed E-state index contributed by atoms with van der Waals surface area (Å²) >= 11 is 1.83. The van der Waals surface area contributed by atoms with Gasteiger partial charge in [0.05, 0.1) is 16.7 Å². The summed E-state index contributed by atoms with van der Waals surface area (Å²) in [6, 6.07) is 59.3. The maximum Gasteiger partial charge on any atom is 0.238 e. The summed E-state index contributed by atoms with van der Waals surface area (Å²) in [7, 11) is 0. The van der Waals surface area contributed by atoms with Gasteiger partial charge in [0.1, 0.15) is 0 Å². The van der Waals surface area contributed by atoms with Gasteiger partial charge in [-0.1, -0.05) is 146 Å². The molecule has 0 bridgehead atoms. The quantitative estimate of drug-likeness (QED) is 0.179. The molecular weight excluding hydrogens is 679 g/mol. The van der Waals surface area contributed by atoms with Crippen molar-refractivity contribution >= 4 is 64.1 Å². The third-order valence-electron chi connectivity index (χ3n) is 10.3. The van der Waals surface area contributed by atoms with Gasteiger partial charge >= 0.3 is 0 Å². The van der Waals surface area contributed by atoms with Gasteiger partial charge in [0.15, 0.2) is 11.6 Å². The van der Waals surface area contributed by atoms with Crippen molar-refractivity contribution in [2.75, 3.05) is 0 Å². The van der Waals surface area contributed by atoms with Gasteiger partial charge in [0.25, 0.3) is 0 Å². The topological polar surface area (TPSA) is 56.5 Å². The molecule has 0 unspecified atom stereocenters. The van der Waals surface area contributed by atoms with E-state index in [1.807, 2.05) is 60.0 Å². The SMILES string of the molecule is c1ccc(-c2ccc3c(c2)c2c4ccccc4c4sc5c(-c6ccccn6)cccc5c4c2n3-c2nc(-c3ccccc3)nc(-c3ccccc3)n2)cc1. The van der Waals surface area contributed by atoms with Crippen LogP contribution in [0.15, 0.2) is 176 Å². The van der Waals surface area contributed by atoms with Crippen LogP contribution in [0.25, 0.3) is 104 Å². The van der Waals surface area contributed by atoms with Crippen LogP contribution in [-0.4, -0.2) is 24.5 Å². The first-order valence-corrected chi connectivity index (χ1v) is 18.8. The van der Waals surface area contributed by atoms with E-state index in [1.165, 1.54) is 41.9 Å². The second-order valence-corrected chi connectivity index (χ2v) is 14.4. The number of benzene rings is 7. The van der Waals surface area contributed by atoms with Crippen LogP contribution in [0.2, 0.25) is 0 Å². The molecule has 0 saturated carbocycles. The molecule has 0 aliphatic rings. The smallest absolute Gasteiger partial charge is 0.238 e. The molecule has 54 heavy (non-hydrogen) atoms. The summed E-state index contributed by atoms with van der Waals surface area (Å²) in [6.07, 6.45) is 1.87. The normalized spacial score (nSPS) is 11.7. The maximum absolute atomic E-state index is 5.30. The molecule has 4 aromatic heterocycles. The molecule has 0 amide bonds. The lowest BCUT2D eigenvalue weighted by Crippen LogP contribution is -2.06. The molecule has 4 heterocycles. The molecule has 0 saturated heterocycles. The molecule has 252 valence electrons. The first-order valence-electron chi connectivity index (χ1n) is 18.0. The van der Waals surface area contributed by atoms with Crippen molar-refractivity contribution < 1.29 is 0 Å². The third-order valence-corrected chi connectivity index (χ3v) is 11.6. The van der Waals surface area contributed by atoms with Crippen molar-refractivity contribution in [2.45, 2.75) is 0 Å². The number of rotatable bonds is 5. The number of hydrogen-bond donors (Lipinski definition) is 0. The highest BCUT2D eigenvalue weighted by atomic mass is 32.1. The summed E-state index contributed by atoms with van der Waals surface area (Å²) in [4.78, 5) is 20.4. The first-order chi connectivity index (χ1) is 26.8. The highest BCUT2D eigenvalue weighted by Gasteiger charge is 2.25. The molecule has 0 aliphatic heterocycles. The number of thiophene rings is 1. The van der Waals surface area contributed by atoms with E-state index >= 15 is 0 Å². The predicted octanol–water partition coefficient (Wildman–Crippen LogP) is 12.6. The first kappa shape index (κ1) is 30.6. The zero-order valence-electron chi connectivity index (χ0n) is 28.9. The van der Waals surface area contributed by atoms with E-state index in [0.717, 1.165) is 44.4 Å². The van der Waals surface area contributed by atoms with Crippen molar-refractivity contribution in [1.82, 2.24) is 24.5 Å². The largest absolute Gasteiger partial charge is 0.277 e. The second kappa shape index (κ2) is 12.3. The number of aromatic nitrogens is 5. The maximum atomic E-state index is 5.30. The van der Waals surface area contributed by atoms with Crippen molar-refractivity contribution in [2.24, 2.45) is 0 Å². The summed E-state index contributed by atoms with van der Waals surface area (Å²) in [6.45, 7) is 0. The third kappa shape index (κ3) is 4.78. The van der Waals surface area contributed by atoms with Gasteiger partial charge in [-0.2, -0.15) is 9.97 Å². The average molecular weight is 708 g/mol. The molecule has 0 radical (unpaired) electrons. The van der Waals surface area contributed by atoms with Gasteiger partial charge in [-0.3, -0.25) is 9.55 Å². The van der Waals surface area contributed by atoms with Gasteiger partial charge in [-0.05, 0) is 40.8 Å². The minimum absolute atomic E-state index is 0.576. The Morgan fingerprint density at radius 1 is 0.426 bits per heavy atom. The lowest BCUT2D eigenvalue weighted by Gasteiger charge is -2.12. The number of hydrogen-bond acceptors (Lipinski definition) is 5. The summed E-state index contributed by atoms with van der Waals surface area (Å²) in [5, 5.41) is 7.11. The molecule has 0 atom stereocenters. The van der Waals surface area contributed by atoms with Gasteiger partial charge in [0, 0.05) is 59.2 Å². The van der Waals surface area contributed by atoms with Crippen LogP contribution in [0.1, 0.15) is 0 Å². The van der Waals surface area contributed by atoms with Crippen LogP contribution in [0, 0.1) is 0 Å². The van der Waals surface area contributed by atoms with Crippen LogP contribution in [0.4, 0.5) is 0 Å². The van der Waals surface area contributed by atoms with E-state index in [9.17, 15) is 0 Å². The van der Waals surface area contributed by atoms with E-state index in [0.29, 0.717) is 17.6 Å². The van der Waals surface area contributed by atoms with E-state index in [-0.39, 0.29) is 0 Å². The van der Waals surface area contributed by atoms with E-state index in [4.69, 9.17) is 19.9 Å². The van der Waals surface area contributed by atoms with Crippen molar-refractivity contribution in [1.29, 1.82) is 0 Å². The van der Waals surface area contributed by atoms with Crippen LogP contribution in [0.3, 0.4) is 0 Å². The fourth-order valence-electron chi connectivity index (χ4n) is 7.88. The molecule has 0 N–H and O–H groups in total. The lowest BCUT2D eigenvalue weighted by atomic mass is 9.97. The fourth-order valence-corrected chi connectivity index (χ4v) is 9.25. The number of fused-ring (bicyclic) bond motifs is 10. The van der Waals surface area contributed by atoms with E-state index in [2.05, 4.69) is 132 Å². The van der Waals surface area contributed by atoms with Crippen molar-refractivity contribution in [3.63, 3.8) is 0 Å². The molecule has 7 aromatic carbocycles. The zero-order chi connectivity index (χ0) is 35.6. The standard InChI is InChI=1S/C48H29N5S/c1-4-15-30(16-5-1)33-26-27-40-38(29-33)41-34-21-10-11-22-35(34)45-42(37-24-14-23-36(44(37)54-45)39-25-12-13-28-49-39)43(41)53(40)48-51-46(31-17-6-2-7-18-31)50-47(52-48)32-19-8-3-9-20-32/h1-29H. The Morgan fingerprint density at radius 2 is 1.06 bits per heavy atom. The molecule has 0 fully saturated rings. The Bertz CT molecular complexity index is 3130. The average Bonchev–Trinajstić information content (AvgIpc) is 3.81. The summed E-state index contributed by atoms with van der Waals surface area (Å²) < 4.78 is 4.72. The van der Waals surface area contributed by atoms with Crippen molar-refractivity contribution in [3.8, 4) is 51.1 Å². The second-order valence-electron chi connectivity index (χ2n) is 13.4. The van der Waals surface area contributed by atoms with E-state index in [1.54, 1.807) is 0 Å². The Morgan fingerprint density at radius 3 is 1.74 bits per heavy atom. The lowest BCUT2D eigenvalue weighted by molar-refractivity contribution is 0.955. The fraction of sp³-hybridized carbons (Fsp3) is 0. The molecular formula is C48H29N5S. The monoisotopic (exact) mass is 707 g/mol. The van der Waals surface area contributed by atoms with Crippen LogP contribution < -0.4 is 0 Å². The summed E-state index contributed by atoms with van der Waals surface area (Å²) in [5.41, 5.74) is 8.39. The van der Waals surface area contributed by atoms with Crippen LogP contribution >= 0.6 is 11.3 Å². The Hall–Kier alpha value is -7.02. The summed E-state index contributed by atoms with van der Waals surface area (Å²) in [5.74, 6) is 1.83. The van der Waals surface area contributed by atoms with Gasteiger partial charge in [-0.25, -0.2) is 4.98 Å². The highest BCUT2D eigenvalue weighted by molar-refractivity contribution is 7.27. The van der Waals surface area contributed by atoms with Crippen LogP contribution in [0.5, 0.6) is 0 Å². The van der Waals surface area contributed by atoms with Crippen molar-refractivity contribution in [3.05, 3.63) is 176 Å². The molecule has 5 nitrogen and oxygen atoms in total. The molecule has 6 heteroatoms. The molecule has 0 aliphatic carbocycles. The predicted molar refractivity (Wildman–Crippen MR) is 224 cm³/mol. The van der Waals surface area contributed by atoms with Gasteiger partial charge < -0.3 is 0 Å². The number of pyridine rings is 1. The molecule has 0 spiro atoms. The van der Waals surface area contributed by atoms with Gasteiger partial charge in [-0.15, -0.1) is 11.3 Å².